The molecule has 1 atom stereocenters. The van der Waals surface area contributed by atoms with Crippen molar-refractivity contribution in [3.05, 3.63) is 65.2 Å². The van der Waals surface area contributed by atoms with E-state index in [1.165, 1.54) is 0 Å². The van der Waals surface area contributed by atoms with Gasteiger partial charge in [0.05, 0.1) is 12.5 Å². The van der Waals surface area contributed by atoms with E-state index in [0.29, 0.717) is 13.0 Å². The molecule has 2 nitrogen and oxygen atoms in total. The second-order valence-corrected chi connectivity index (χ2v) is 5.37. The predicted molar refractivity (Wildman–Crippen MR) is 86.1 cm³/mol. The van der Waals surface area contributed by atoms with Crippen LogP contribution < -0.4 is 4.74 Å². The van der Waals surface area contributed by atoms with E-state index in [1.54, 1.807) is 0 Å². The molecule has 1 unspecified atom stereocenters. The quantitative estimate of drug-likeness (QED) is 0.735. The van der Waals surface area contributed by atoms with Crippen molar-refractivity contribution in [3.63, 3.8) is 0 Å². The van der Waals surface area contributed by atoms with Gasteiger partial charge in [0.1, 0.15) is 5.75 Å². The van der Waals surface area contributed by atoms with Gasteiger partial charge in [0.2, 0.25) is 5.24 Å². The Morgan fingerprint density at radius 2 is 1.95 bits per heavy atom. The minimum absolute atomic E-state index is 0.328. The SMILES string of the molecule is CCOc1cccc(CC(C(=O)Cl)c2ccccc2C)c1. The topological polar surface area (TPSA) is 26.3 Å². The standard InChI is InChI=1S/C18H19ClO2/c1-3-21-15-9-6-8-14(11-15)12-17(18(19)20)16-10-5-4-7-13(16)2/h4-11,17H,3,12H2,1-2H3. The van der Waals surface area contributed by atoms with Crippen LogP contribution in [0.3, 0.4) is 0 Å². The fourth-order valence-electron chi connectivity index (χ4n) is 2.45. The van der Waals surface area contributed by atoms with Gasteiger partial charge in [-0.25, -0.2) is 0 Å². The maximum absolute atomic E-state index is 11.8. The number of ether oxygens (including phenoxy) is 1. The first-order valence-corrected chi connectivity index (χ1v) is 7.46. The Bertz CT molecular complexity index is 622. The van der Waals surface area contributed by atoms with Crippen molar-refractivity contribution in [2.24, 2.45) is 0 Å². The van der Waals surface area contributed by atoms with E-state index in [9.17, 15) is 4.79 Å². The van der Waals surface area contributed by atoms with Crippen LogP contribution in [0.5, 0.6) is 5.75 Å². The third-order valence-electron chi connectivity index (χ3n) is 3.49. The fourth-order valence-corrected chi connectivity index (χ4v) is 2.65. The smallest absolute Gasteiger partial charge is 0.229 e. The highest BCUT2D eigenvalue weighted by Crippen LogP contribution is 2.27. The molecule has 3 heteroatoms. The fraction of sp³-hybridized carbons (Fsp3) is 0.278. The Kier molecular flexibility index (Phi) is 5.40. The first-order chi connectivity index (χ1) is 10.1. The molecule has 0 heterocycles. The monoisotopic (exact) mass is 302 g/mol. The van der Waals surface area contributed by atoms with Crippen molar-refractivity contribution >= 4 is 16.8 Å². The number of hydrogen-bond donors (Lipinski definition) is 0. The summed E-state index contributed by atoms with van der Waals surface area (Å²) in [4.78, 5) is 11.8. The lowest BCUT2D eigenvalue weighted by atomic mass is 9.90. The first-order valence-electron chi connectivity index (χ1n) is 7.08. The molecule has 0 amide bonds. The van der Waals surface area contributed by atoms with E-state index in [-0.39, 0.29) is 11.2 Å². The first kappa shape index (κ1) is 15.6. The van der Waals surface area contributed by atoms with E-state index in [0.717, 1.165) is 22.4 Å². The van der Waals surface area contributed by atoms with E-state index < -0.39 is 0 Å². The lowest BCUT2D eigenvalue weighted by Gasteiger charge is -2.16. The van der Waals surface area contributed by atoms with Crippen LogP contribution in [0.1, 0.15) is 29.5 Å². The Morgan fingerprint density at radius 3 is 2.62 bits per heavy atom. The highest BCUT2D eigenvalue weighted by atomic mass is 35.5. The number of rotatable bonds is 6. The molecule has 0 saturated heterocycles. The molecule has 2 rings (SSSR count). The molecule has 0 N–H and O–H groups in total. The maximum atomic E-state index is 11.8. The van der Waals surface area contributed by atoms with Crippen LogP contribution >= 0.6 is 11.6 Å². The molecule has 2 aromatic carbocycles. The number of aryl methyl sites for hydroxylation is 1. The van der Waals surface area contributed by atoms with Gasteiger partial charge in [-0.1, -0.05) is 36.4 Å². The van der Waals surface area contributed by atoms with Gasteiger partial charge in [0, 0.05) is 0 Å². The average molecular weight is 303 g/mol. The summed E-state index contributed by atoms with van der Waals surface area (Å²) in [5.41, 5.74) is 3.11. The minimum Gasteiger partial charge on any atom is -0.494 e. The van der Waals surface area contributed by atoms with Gasteiger partial charge in [0.15, 0.2) is 0 Å². The lowest BCUT2D eigenvalue weighted by molar-refractivity contribution is -0.113. The summed E-state index contributed by atoms with van der Waals surface area (Å²) in [5.74, 6) is 0.491. The minimum atomic E-state index is -0.329. The molecular weight excluding hydrogens is 284 g/mol. The van der Waals surface area contributed by atoms with Crippen molar-refractivity contribution < 1.29 is 9.53 Å². The summed E-state index contributed by atoms with van der Waals surface area (Å²) in [5, 5.41) is -0.328. The Morgan fingerprint density at radius 1 is 1.19 bits per heavy atom. The molecule has 0 aliphatic rings. The number of carbonyl (C=O) groups is 1. The Balaban J connectivity index is 2.27. The molecule has 21 heavy (non-hydrogen) atoms. The molecule has 2 aromatic rings. The summed E-state index contributed by atoms with van der Waals surface area (Å²) in [7, 11) is 0. The van der Waals surface area contributed by atoms with Gasteiger partial charge in [-0.3, -0.25) is 4.79 Å². The summed E-state index contributed by atoms with van der Waals surface area (Å²) in [6.07, 6.45) is 0.577. The molecule has 0 bridgehead atoms. The van der Waals surface area contributed by atoms with E-state index in [4.69, 9.17) is 16.3 Å². The van der Waals surface area contributed by atoms with Gasteiger partial charge in [-0.15, -0.1) is 0 Å². The second-order valence-electron chi connectivity index (χ2n) is 5.00. The van der Waals surface area contributed by atoms with Crippen LogP contribution in [-0.2, 0) is 11.2 Å². The summed E-state index contributed by atoms with van der Waals surface area (Å²) >= 11 is 5.83. The van der Waals surface area contributed by atoms with Crippen LogP contribution in [0.4, 0.5) is 0 Å². The molecule has 0 fully saturated rings. The Hall–Kier alpha value is -1.80. The molecular formula is C18H19ClO2. The van der Waals surface area contributed by atoms with Crippen LogP contribution in [0.15, 0.2) is 48.5 Å². The van der Waals surface area contributed by atoms with E-state index in [1.807, 2.05) is 62.4 Å². The summed E-state index contributed by atoms with van der Waals surface area (Å²) in [6, 6.07) is 15.7. The van der Waals surface area contributed by atoms with E-state index >= 15 is 0 Å². The van der Waals surface area contributed by atoms with Crippen LogP contribution in [-0.4, -0.2) is 11.8 Å². The third-order valence-corrected chi connectivity index (χ3v) is 3.75. The van der Waals surface area contributed by atoms with Crippen LogP contribution in [0.2, 0.25) is 0 Å². The van der Waals surface area contributed by atoms with Crippen molar-refractivity contribution in [2.75, 3.05) is 6.61 Å². The summed E-state index contributed by atoms with van der Waals surface area (Å²) in [6.45, 7) is 4.57. The largest absolute Gasteiger partial charge is 0.494 e. The highest BCUT2D eigenvalue weighted by molar-refractivity contribution is 6.64. The molecule has 110 valence electrons. The molecule has 0 aliphatic heterocycles. The van der Waals surface area contributed by atoms with Crippen LogP contribution in [0, 0.1) is 6.92 Å². The highest BCUT2D eigenvalue weighted by Gasteiger charge is 2.21. The number of benzene rings is 2. The van der Waals surface area contributed by atoms with Gasteiger partial charge in [0.25, 0.3) is 0 Å². The summed E-state index contributed by atoms with van der Waals surface area (Å²) < 4.78 is 5.50. The predicted octanol–water partition coefficient (Wildman–Crippen LogP) is 4.49. The zero-order valence-electron chi connectivity index (χ0n) is 12.3. The molecule has 0 spiro atoms. The maximum Gasteiger partial charge on any atom is 0.229 e. The number of hydrogen-bond acceptors (Lipinski definition) is 2. The van der Waals surface area contributed by atoms with Gasteiger partial charge in [-0.05, 0) is 60.7 Å². The molecule has 0 saturated carbocycles. The Labute approximate surface area is 130 Å². The number of carbonyl (C=O) groups excluding carboxylic acids is 1. The zero-order valence-corrected chi connectivity index (χ0v) is 13.1. The van der Waals surface area contributed by atoms with E-state index in [2.05, 4.69) is 0 Å². The number of halogens is 1. The van der Waals surface area contributed by atoms with Crippen molar-refractivity contribution in [1.82, 2.24) is 0 Å². The molecule has 0 aliphatic carbocycles. The van der Waals surface area contributed by atoms with Gasteiger partial charge >= 0.3 is 0 Å². The van der Waals surface area contributed by atoms with Crippen molar-refractivity contribution in [2.45, 2.75) is 26.2 Å². The average Bonchev–Trinajstić information content (AvgIpc) is 2.46. The molecule has 0 radical (unpaired) electrons. The molecule has 0 aromatic heterocycles. The van der Waals surface area contributed by atoms with Crippen LogP contribution in [0.25, 0.3) is 0 Å². The van der Waals surface area contributed by atoms with Gasteiger partial charge < -0.3 is 4.74 Å². The van der Waals surface area contributed by atoms with Crippen molar-refractivity contribution in [3.8, 4) is 5.75 Å². The van der Waals surface area contributed by atoms with Crippen molar-refractivity contribution in [1.29, 1.82) is 0 Å². The third kappa shape index (κ3) is 4.08. The second kappa shape index (κ2) is 7.28. The lowest BCUT2D eigenvalue weighted by Crippen LogP contribution is -2.11. The normalized spacial score (nSPS) is 12.0. The van der Waals surface area contributed by atoms with Gasteiger partial charge in [-0.2, -0.15) is 0 Å². The zero-order chi connectivity index (χ0) is 15.2.